The summed E-state index contributed by atoms with van der Waals surface area (Å²) in [6.07, 6.45) is 16.4. The van der Waals surface area contributed by atoms with E-state index in [4.69, 9.17) is 21.6 Å². The summed E-state index contributed by atoms with van der Waals surface area (Å²) in [6, 6.07) is 8.10. The molecule has 0 N–H and O–H groups in total. The van der Waals surface area contributed by atoms with Gasteiger partial charge in [-0.25, -0.2) is 5.01 Å². The Morgan fingerprint density at radius 1 is 1.03 bits per heavy atom. The van der Waals surface area contributed by atoms with E-state index in [-0.39, 0.29) is 6.04 Å². The zero-order valence-corrected chi connectivity index (χ0v) is 18.0. The van der Waals surface area contributed by atoms with E-state index >= 15 is 0 Å². The van der Waals surface area contributed by atoms with Gasteiger partial charge in [-0.2, -0.15) is 0 Å². The average Bonchev–Trinajstić information content (AvgIpc) is 3.14. The molecule has 30 heavy (non-hydrogen) atoms. The molecule has 0 spiro atoms. The summed E-state index contributed by atoms with van der Waals surface area (Å²) in [5, 5.41) is 6.27. The Bertz CT molecular complexity index is 1080. The molecule has 1 unspecified atom stereocenters. The largest absolute Gasteiger partial charge is 0.315 e. The number of benzene rings is 1. The van der Waals surface area contributed by atoms with E-state index in [2.05, 4.69) is 40.4 Å². The molecule has 1 saturated carbocycles. The number of aromatic nitrogens is 3. The molecule has 3 heterocycles. The molecule has 3 aromatic rings. The van der Waals surface area contributed by atoms with Crippen molar-refractivity contribution in [3.63, 3.8) is 0 Å². The highest BCUT2D eigenvalue weighted by molar-refractivity contribution is 6.35. The minimum absolute atomic E-state index is 0.0731. The van der Waals surface area contributed by atoms with Gasteiger partial charge in [0.25, 0.3) is 0 Å². The number of halogens is 1. The van der Waals surface area contributed by atoms with Crippen LogP contribution in [0.2, 0.25) is 5.02 Å². The zero-order valence-electron chi connectivity index (χ0n) is 17.2. The first kappa shape index (κ1) is 19.5. The van der Waals surface area contributed by atoms with Crippen LogP contribution in [0.1, 0.15) is 43.8 Å². The lowest BCUT2D eigenvalue weighted by Crippen LogP contribution is -2.39. The van der Waals surface area contributed by atoms with Crippen molar-refractivity contribution in [1.82, 2.24) is 25.0 Å². The Labute approximate surface area is 182 Å². The van der Waals surface area contributed by atoms with Gasteiger partial charge >= 0.3 is 0 Å². The first-order chi connectivity index (χ1) is 14.7. The van der Waals surface area contributed by atoms with E-state index in [1.807, 2.05) is 18.2 Å². The predicted octanol–water partition coefficient (Wildman–Crippen LogP) is 5.64. The second-order valence-electron chi connectivity index (χ2n) is 8.31. The Kier molecular flexibility index (Phi) is 5.40. The Morgan fingerprint density at radius 3 is 2.73 bits per heavy atom. The molecule has 2 aliphatic rings. The first-order valence-corrected chi connectivity index (χ1v) is 11.1. The number of hydrogen-bond donors (Lipinski definition) is 0. The average molecular weight is 420 g/mol. The van der Waals surface area contributed by atoms with Gasteiger partial charge in [0.1, 0.15) is 0 Å². The van der Waals surface area contributed by atoms with Crippen molar-refractivity contribution in [3.8, 4) is 11.3 Å². The minimum Gasteiger partial charge on any atom is -0.315 e. The van der Waals surface area contributed by atoms with Crippen molar-refractivity contribution in [2.24, 2.45) is 5.92 Å². The van der Waals surface area contributed by atoms with Crippen LogP contribution in [0.3, 0.4) is 0 Å². The molecule has 0 saturated heterocycles. The third-order valence-corrected chi connectivity index (χ3v) is 6.61. The molecule has 5 rings (SSSR count). The molecule has 1 aliphatic heterocycles. The molecule has 1 atom stereocenters. The summed E-state index contributed by atoms with van der Waals surface area (Å²) in [5.74, 6) is 0.741. The molecule has 5 nitrogen and oxygen atoms in total. The van der Waals surface area contributed by atoms with E-state index in [0.29, 0.717) is 5.02 Å². The maximum Gasteiger partial charge on any atom is 0.0938 e. The molecular weight excluding hydrogens is 394 g/mol. The van der Waals surface area contributed by atoms with E-state index in [1.165, 1.54) is 32.1 Å². The monoisotopic (exact) mass is 419 g/mol. The fourth-order valence-corrected chi connectivity index (χ4v) is 5.04. The van der Waals surface area contributed by atoms with Crippen LogP contribution < -0.4 is 0 Å². The first-order valence-electron chi connectivity index (χ1n) is 10.7. The van der Waals surface area contributed by atoms with Gasteiger partial charge in [0.15, 0.2) is 0 Å². The summed E-state index contributed by atoms with van der Waals surface area (Å²) in [6.45, 7) is 1.05. The topological polar surface area (TPSA) is 45.2 Å². The molecule has 0 radical (unpaired) electrons. The molecule has 6 heteroatoms. The van der Waals surface area contributed by atoms with Crippen molar-refractivity contribution in [2.75, 3.05) is 13.6 Å². The quantitative estimate of drug-likeness (QED) is 0.547. The van der Waals surface area contributed by atoms with Crippen LogP contribution >= 0.6 is 11.6 Å². The van der Waals surface area contributed by atoms with Crippen LogP contribution in [-0.2, 0) is 0 Å². The number of pyridine rings is 1. The number of rotatable bonds is 4. The Morgan fingerprint density at radius 2 is 1.87 bits per heavy atom. The highest BCUT2D eigenvalue weighted by Gasteiger charge is 2.31. The molecule has 2 aromatic heterocycles. The van der Waals surface area contributed by atoms with Gasteiger partial charge in [-0.1, -0.05) is 36.9 Å². The molecule has 154 valence electrons. The fraction of sp³-hybridized carbons (Fsp3) is 0.375. The third-order valence-electron chi connectivity index (χ3n) is 6.32. The molecule has 1 fully saturated rings. The van der Waals surface area contributed by atoms with Gasteiger partial charge in [0.2, 0.25) is 0 Å². The summed E-state index contributed by atoms with van der Waals surface area (Å²) >= 11 is 6.56. The number of hydrazine groups is 1. The SMILES string of the molecule is CN1C=CC(c2nccnc2-c2cc(Cl)c3ncccc3c2)N1CC1CCCCC1. The molecular formula is C24H26ClN5. The number of nitrogens with zero attached hydrogens (tertiary/aromatic N) is 5. The zero-order chi connectivity index (χ0) is 20.5. The molecule has 0 amide bonds. The third kappa shape index (κ3) is 3.68. The lowest BCUT2D eigenvalue weighted by Gasteiger charge is -2.35. The Balaban J connectivity index is 1.52. The maximum atomic E-state index is 6.56. The van der Waals surface area contributed by atoms with Gasteiger partial charge in [0, 0.05) is 49.3 Å². The van der Waals surface area contributed by atoms with Gasteiger partial charge < -0.3 is 5.01 Å². The minimum atomic E-state index is 0.0731. The number of fused-ring (bicyclic) bond motifs is 1. The predicted molar refractivity (Wildman–Crippen MR) is 121 cm³/mol. The van der Waals surface area contributed by atoms with Gasteiger partial charge in [0.05, 0.1) is 28.0 Å². The van der Waals surface area contributed by atoms with Crippen LogP contribution in [0.5, 0.6) is 0 Å². The summed E-state index contributed by atoms with van der Waals surface area (Å²) < 4.78 is 0. The van der Waals surface area contributed by atoms with Gasteiger partial charge in [-0.3, -0.25) is 15.0 Å². The fourth-order valence-electron chi connectivity index (χ4n) is 4.77. The van der Waals surface area contributed by atoms with Crippen molar-refractivity contribution in [1.29, 1.82) is 0 Å². The van der Waals surface area contributed by atoms with Crippen molar-refractivity contribution in [3.05, 3.63) is 65.8 Å². The van der Waals surface area contributed by atoms with Crippen LogP contribution in [0.4, 0.5) is 0 Å². The number of hydrogen-bond acceptors (Lipinski definition) is 5. The second-order valence-corrected chi connectivity index (χ2v) is 8.72. The summed E-state index contributed by atoms with van der Waals surface area (Å²) in [7, 11) is 2.12. The maximum absolute atomic E-state index is 6.56. The van der Waals surface area contributed by atoms with Crippen molar-refractivity contribution in [2.45, 2.75) is 38.1 Å². The van der Waals surface area contributed by atoms with Gasteiger partial charge in [-0.05, 0) is 43.0 Å². The standard InChI is InChI=1S/C24H26ClN5/c1-29-13-9-21(30(29)16-17-6-3-2-4-7-17)24-23(27-11-12-28-24)19-14-18-8-5-10-26-22(18)20(25)15-19/h5,8-15,17,21H,2-4,6-7,16H2,1H3. The van der Waals surface area contributed by atoms with Crippen LogP contribution in [0.15, 0.2) is 55.1 Å². The Hall–Kier alpha value is -2.50. The van der Waals surface area contributed by atoms with E-state index < -0.39 is 0 Å². The van der Waals surface area contributed by atoms with Crippen LogP contribution in [0, 0.1) is 5.92 Å². The molecule has 1 aliphatic carbocycles. The lowest BCUT2D eigenvalue weighted by atomic mass is 9.89. The summed E-state index contributed by atoms with van der Waals surface area (Å²) in [5.41, 5.74) is 3.63. The highest BCUT2D eigenvalue weighted by Crippen LogP contribution is 2.37. The van der Waals surface area contributed by atoms with Crippen LogP contribution in [0.25, 0.3) is 22.2 Å². The summed E-state index contributed by atoms with van der Waals surface area (Å²) in [4.78, 5) is 13.9. The van der Waals surface area contributed by atoms with E-state index in [1.54, 1.807) is 18.6 Å². The second kappa shape index (κ2) is 8.32. The van der Waals surface area contributed by atoms with Crippen molar-refractivity contribution >= 4 is 22.5 Å². The van der Waals surface area contributed by atoms with Crippen LogP contribution in [-0.4, -0.2) is 38.6 Å². The van der Waals surface area contributed by atoms with Crippen molar-refractivity contribution < 1.29 is 0 Å². The smallest absolute Gasteiger partial charge is 0.0938 e. The molecule has 1 aromatic carbocycles. The highest BCUT2D eigenvalue weighted by atomic mass is 35.5. The van der Waals surface area contributed by atoms with E-state index in [9.17, 15) is 0 Å². The molecule has 0 bridgehead atoms. The lowest BCUT2D eigenvalue weighted by molar-refractivity contribution is 0.0149. The van der Waals surface area contributed by atoms with E-state index in [0.717, 1.165) is 40.3 Å². The normalized spacial score (nSPS) is 20.3. The van der Waals surface area contributed by atoms with Gasteiger partial charge in [-0.15, -0.1) is 0 Å².